The Labute approximate surface area is 112 Å². The highest BCUT2D eigenvalue weighted by molar-refractivity contribution is 6.13. The van der Waals surface area contributed by atoms with Gasteiger partial charge in [0.2, 0.25) is 5.91 Å². The standard InChI is InChI=1S/C15H18N2O2/c1-17-9-5-8-15(17)13(18)10-12(16-14(15)19)11-6-3-2-4-7-11/h2-4,6-7,12H,5,8-10H2,1H3,(H,16,19)/t12?,15-/m1/s1. The second-order valence-electron chi connectivity index (χ2n) is 5.45. The molecule has 19 heavy (non-hydrogen) atoms. The summed E-state index contributed by atoms with van der Waals surface area (Å²) in [5, 5.41) is 3.02. The second kappa shape index (κ2) is 4.46. The largest absolute Gasteiger partial charge is 0.347 e. The van der Waals surface area contributed by atoms with Crippen LogP contribution in [0.5, 0.6) is 0 Å². The number of likely N-dealkylation sites (N-methyl/N-ethyl adjacent to an activating group) is 1. The average molecular weight is 258 g/mol. The highest BCUT2D eigenvalue weighted by Crippen LogP contribution is 2.36. The smallest absolute Gasteiger partial charge is 0.248 e. The fraction of sp³-hybridized carbons (Fsp3) is 0.467. The van der Waals surface area contributed by atoms with Crippen LogP contribution in [-0.4, -0.2) is 35.7 Å². The minimum atomic E-state index is -0.898. The van der Waals surface area contributed by atoms with Crippen molar-refractivity contribution < 1.29 is 9.59 Å². The van der Waals surface area contributed by atoms with Crippen LogP contribution >= 0.6 is 0 Å². The maximum atomic E-state index is 12.5. The van der Waals surface area contributed by atoms with Gasteiger partial charge in [0.15, 0.2) is 11.3 Å². The predicted octanol–water partition coefficient (Wildman–Crippen LogP) is 1.28. The molecule has 0 bridgehead atoms. The summed E-state index contributed by atoms with van der Waals surface area (Å²) in [4.78, 5) is 26.9. The number of hydrogen-bond acceptors (Lipinski definition) is 3. The molecule has 0 radical (unpaired) electrons. The molecule has 3 rings (SSSR count). The van der Waals surface area contributed by atoms with Gasteiger partial charge >= 0.3 is 0 Å². The SMILES string of the molecule is CN1CCC[C@]12C(=O)CC(c1ccccc1)NC2=O. The Hall–Kier alpha value is -1.68. The van der Waals surface area contributed by atoms with E-state index in [0.29, 0.717) is 12.8 Å². The first-order valence-electron chi connectivity index (χ1n) is 6.75. The van der Waals surface area contributed by atoms with Crippen molar-refractivity contribution in [3.05, 3.63) is 35.9 Å². The van der Waals surface area contributed by atoms with E-state index in [1.807, 2.05) is 42.3 Å². The lowest BCUT2D eigenvalue weighted by molar-refractivity contribution is -0.146. The minimum Gasteiger partial charge on any atom is -0.347 e. The Morgan fingerprint density at radius 1 is 1.26 bits per heavy atom. The number of nitrogens with zero attached hydrogens (tertiary/aromatic N) is 1. The zero-order chi connectivity index (χ0) is 13.5. The summed E-state index contributed by atoms with van der Waals surface area (Å²) in [6.45, 7) is 0.815. The molecule has 100 valence electrons. The molecule has 0 saturated carbocycles. The van der Waals surface area contributed by atoms with Gasteiger partial charge in [-0.1, -0.05) is 30.3 Å². The highest BCUT2D eigenvalue weighted by Gasteiger charge is 2.54. The summed E-state index contributed by atoms with van der Waals surface area (Å²) >= 11 is 0. The van der Waals surface area contributed by atoms with Crippen LogP contribution in [0, 0.1) is 0 Å². The Balaban J connectivity index is 1.88. The number of ketones is 1. The number of carbonyl (C=O) groups is 2. The summed E-state index contributed by atoms with van der Waals surface area (Å²) < 4.78 is 0. The van der Waals surface area contributed by atoms with E-state index in [2.05, 4.69) is 5.32 Å². The van der Waals surface area contributed by atoms with Crippen molar-refractivity contribution >= 4 is 11.7 Å². The van der Waals surface area contributed by atoms with Gasteiger partial charge in [-0.15, -0.1) is 0 Å². The number of nitrogens with one attached hydrogen (secondary N) is 1. The van der Waals surface area contributed by atoms with Crippen LogP contribution in [0.3, 0.4) is 0 Å². The van der Waals surface area contributed by atoms with Crippen LogP contribution < -0.4 is 5.32 Å². The van der Waals surface area contributed by atoms with Gasteiger partial charge in [0.25, 0.3) is 0 Å². The van der Waals surface area contributed by atoms with E-state index in [4.69, 9.17) is 0 Å². The molecule has 1 N–H and O–H groups in total. The molecule has 1 aromatic carbocycles. The molecule has 2 heterocycles. The van der Waals surface area contributed by atoms with Crippen molar-refractivity contribution in [3.63, 3.8) is 0 Å². The van der Waals surface area contributed by atoms with Crippen LogP contribution in [0.1, 0.15) is 30.9 Å². The van der Waals surface area contributed by atoms with Gasteiger partial charge in [-0.3, -0.25) is 14.5 Å². The predicted molar refractivity (Wildman–Crippen MR) is 71.5 cm³/mol. The maximum Gasteiger partial charge on any atom is 0.248 e. The Kier molecular flexibility index (Phi) is 2.90. The molecule has 1 aromatic rings. The van der Waals surface area contributed by atoms with E-state index in [9.17, 15) is 9.59 Å². The minimum absolute atomic E-state index is 0.0603. The van der Waals surface area contributed by atoms with E-state index in [1.165, 1.54) is 0 Å². The third-order valence-electron chi connectivity index (χ3n) is 4.42. The number of Topliss-reactive ketones (excluding diaryl/α,β-unsaturated/α-hetero) is 1. The van der Waals surface area contributed by atoms with E-state index in [-0.39, 0.29) is 17.7 Å². The van der Waals surface area contributed by atoms with Crippen molar-refractivity contribution in [1.82, 2.24) is 10.2 Å². The van der Waals surface area contributed by atoms with Crippen molar-refractivity contribution in [2.45, 2.75) is 30.8 Å². The number of hydrogen-bond donors (Lipinski definition) is 1. The monoisotopic (exact) mass is 258 g/mol. The molecule has 2 aliphatic rings. The summed E-state index contributed by atoms with van der Waals surface area (Å²) in [5.41, 5.74) is 0.102. The van der Waals surface area contributed by atoms with E-state index in [0.717, 1.165) is 18.5 Å². The molecule has 2 fully saturated rings. The van der Waals surface area contributed by atoms with E-state index in [1.54, 1.807) is 0 Å². The zero-order valence-corrected chi connectivity index (χ0v) is 11.1. The number of piperidine rings is 1. The van der Waals surface area contributed by atoms with Crippen molar-refractivity contribution in [3.8, 4) is 0 Å². The molecule has 2 aliphatic heterocycles. The van der Waals surface area contributed by atoms with Gasteiger partial charge < -0.3 is 5.32 Å². The molecule has 1 unspecified atom stereocenters. The van der Waals surface area contributed by atoms with Crippen LogP contribution in [0.2, 0.25) is 0 Å². The molecule has 1 amide bonds. The number of likely N-dealkylation sites (tertiary alicyclic amines) is 1. The fourth-order valence-electron chi connectivity index (χ4n) is 3.29. The number of amides is 1. The molecule has 4 heteroatoms. The van der Waals surface area contributed by atoms with Gasteiger partial charge in [0.05, 0.1) is 6.04 Å². The van der Waals surface area contributed by atoms with Gasteiger partial charge in [-0.2, -0.15) is 0 Å². The summed E-state index contributed by atoms with van der Waals surface area (Å²) in [6.07, 6.45) is 1.95. The number of carbonyl (C=O) groups excluding carboxylic acids is 2. The Morgan fingerprint density at radius 3 is 2.58 bits per heavy atom. The molecular weight excluding hydrogens is 240 g/mol. The lowest BCUT2D eigenvalue weighted by Crippen LogP contribution is -2.63. The van der Waals surface area contributed by atoms with Crippen LogP contribution in [0.15, 0.2) is 30.3 Å². The van der Waals surface area contributed by atoms with Crippen LogP contribution in [0.4, 0.5) is 0 Å². The fourth-order valence-corrected chi connectivity index (χ4v) is 3.29. The summed E-state index contributed by atoms with van der Waals surface area (Å²) in [6, 6.07) is 9.52. The first-order chi connectivity index (χ1) is 9.14. The Bertz CT molecular complexity index is 494. The Morgan fingerprint density at radius 2 is 2.00 bits per heavy atom. The summed E-state index contributed by atoms with van der Waals surface area (Å²) in [7, 11) is 1.87. The summed E-state index contributed by atoms with van der Waals surface area (Å²) in [5.74, 6) is -0.0669. The first kappa shape index (κ1) is 12.4. The third-order valence-corrected chi connectivity index (χ3v) is 4.42. The molecule has 4 nitrogen and oxygen atoms in total. The molecule has 2 atom stereocenters. The molecular formula is C15H18N2O2. The topological polar surface area (TPSA) is 49.4 Å². The lowest BCUT2D eigenvalue weighted by Gasteiger charge is -2.39. The van der Waals surface area contributed by atoms with Gasteiger partial charge in [0, 0.05) is 6.42 Å². The van der Waals surface area contributed by atoms with E-state index >= 15 is 0 Å². The van der Waals surface area contributed by atoms with Gasteiger partial charge in [0.1, 0.15) is 0 Å². The zero-order valence-electron chi connectivity index (χ0n) is 11.1. The second-order valence-corrected chi connectivity index (χ2v) is 5.45. The molecule has 0 aliphatic carbocycles. The average Bonchev–Trinajstić information content (AvgIpc) is 2.80. The maximum absolute atomic E-state index is 12.5. The quantitative estimate of drug-likeness (QED) is 0.772. The van der Waals surface area contributed by atoms with Crippen molar-refractivity contribution in [2.75, 3.05) is 13.6 Å². The van der Waals surface area contributed by atoms with Crippen molar-refractivity contribution in [1.29, 1.82) is 0 Å². The number of rotatable bonds is 1. The first-order valence-corrected chi connectivity index (χ1v) is 6.75. The van der Waals surface area contributed by atoms with Crippen LogP contribution in [0.25, 0.3) is 0 Å². The van der Waals surface area contributed by atoms with Crippen molar-refractivity contribution in [2.24, 2.45) is 0 Å². The molecule has 2 saturated heterocycles. The number of benzene rings is 1. The van der Waals surface area contributed by atoms with Crippen LogP contribution in [-0.2, 0) is 9.59 Å². The molecule has 0 aromatic heterocycles. The normalized spacial score (nSPS) is 31.7. The van der Waals surface area contributed by atoms with Gasteiger partial charge in [-0.05, 0) is 32.0 Å². The lowest BCUT2D eigenvalue weighted by atomic mass is 9.81. The third kappa shape index (κ3) is 1.78. The van der Waals surface area contributed by atoms with E-state index < -0.39 is 5.54 Å². The highest BCUT2D eigenvalue weighted by atomic mass is 16.2. The van der Waals surface area contributed by atoms with Gasteiger partial charge in [-0.25, -0.2) is 0 Å². The molecule has 1 spiro atoms.